The lowest BCUT2D eigenvalue weighted by Gasteiger charge is -2.01. The normalized spacial score (nSPS) is 10.6. The second-order valence-corrected chi connectivity index (χ2v) is 4.92. The SMILES string of the molecule is CCOC(=O)COCc1cc(-c2ccc(Cl)c(Cl)c2)no1. The van der Waals surface area contributed by atoms with Gasteiger partial charge in [0.05, 0.1) is 16.7 Å². The number of carbonyl (C=O) groups is 1. The van der Waals surface area contributed by atoms with Crippen LogP contribution in [0.2, 0.25) is 10.0 Å². The fraction of sp³-hybridized carbons (Fsp3) is 0.286. The highest BCUT2D eigenvalue weighted by molar-refractivity contribution is 6.42. The fourth-order valence-electron chi connectivity index (χ4n) is 1.61. The summed E-state index contributed by atoms with van der Waals surface area (Å²) < 4.78 is 15.0. The van der Waals surface area contributed by atoms with E-state index in [0.717, 1.165) is 5.56 Å². The van der Waals surface area contributed by atoms with Crippen LogP contribution in [-0.2, 0) is 20.9 Å². The molecule has 0 unspecified atom stereocenters. The van der Waals surface area contributed by atoms with Gasteiger partial charge < -0.3 is 14.0 Å². The smallest absolute Gasteiger partial charge is 0.332 e. The first-order valence-corrected chi connectivity index (χ1v) is 7.00. The maximum Gasteiger partial charge on any atom is 0.332 e. The van der Waals surface area contributed by atoms with Crippen LogP contribution in [0.25, 0.3) is 11.3 Å². The van der Waals surface area contributed by atoms with Gasteiger partial charge in [-0.3, -0.25) is 0 Å². The Hall–Kier alpha value is -1.56. The van der Waals surface area contributed by atoms with Gasteiger partial charge in [0.1, 0.15) is 18.9 Å². The summed E-state index contributed by atoms with van der Waals surface area (Å²) in [4.78, 5) is 11.1. The molecule has 21 heavy (non-hydrogen) atoms. The molecule has 0 atom stereocenters. The number of aromatic nitrogens is 1. The van der Waals surface area contributed by atoms with Crippen LogP contribution < -0.4 is 0 Å². The topological polar surface area (TPSA) is 61.6 Å². The molecule has 1 heterocycles. The van der Waals surface area contributed by atoms with Gasteiger partial charge in [-0.1, -0.05) is 34.4 Å². The lowest BCUT2D eigenvalue weighted by atomic mass is 10.1. The van der Waals surface area contributed by atoms with E-state index in [2.05, 4.69) is 5.16 Å². The molecule has 0 aliphatic carbocycles. The summed E-state index contributed by atoms with van der Waals surface area (Å²) in [6, 6.07) is 6.88. The Morgan fingerprint density at radius 2 is 2.10 bits per heavy atom. The van der Waals surface area contributed by atoms with Crippen molar-refractivity contribution in [3.8, 4) is 11.3 Å². The molecule has 2 aromatic rings. The van der Waals surface area contributed by atoms with Crippen LogP contribution in [0, 0.1) is 0 Å². The van der Waals surface area contributed by atoms with Gasteiger partial charge in [-0.05, 0) is 19.1 Å². The summed E-state index contributed by atoms with van der Waals surface area (Å²) in [7, 11) is 0. The van der Waals surface area contributed by atoms with Crippen molar-refractivity contribution in [3.05, 3.63) is 40.1 Å². The van der Waals surface area contributed by atoms with E-state index in [4.69, 9.17) is 37.2 Å². The van der Waals surface area contributed by atoms with Gasteiger partial charge in [0.15, 0.2) is 5.76 Å². The maximum atomic E-state index is 11.1. The van der Waals surface area contributed by atoms with Crippen molar-refractivity contribution in [1.82, 2.24) is 5.16 Å². The Labute approximate surface area is 131 Å². The molecule has 0 saturated heterocycles. The minimum Gasteiger partial charge on any atom is -0.464 e. The highest BCUT2D eigenvalue weighted by atomic mass is 35.5. The highest BCUT2D eigenvalue weighted by Crippen LogP contribution is 2.28. The lowest BCUT2D eigenvalue weighted by Crippen LogP contribution is -2.12. The van der Waals surface area contributed by atoms with E-state index in [1.807, 2.05) is 0 Å². The second kappa shape index (κ2) is 7.45. The zero-order valence-corrected chi connectivity index (χ0v) is 12.8. The Morgan fingerprint density at radius 3 is 2.81 bits per heavy atom. The summed E-state index contributed by atoms with van der Waals surface area (Å²) in [5.41, 5.74) is 1.40. The molecule has 0 aliphatic rings. The maximum absolute atomic E-state index is 11.1. The lowest BCUT2D eigenvalue weighted by molar-refractivity contribution is -0.149. The molecule has 1 aromatic heterocycles. The van der Waals surface area contributed by atoms with Crippen molar-refractivity contribution in [2.24, 2.45) is 0 Å². The third-order valence-electron chi connectivity index (χ3n) is 2.54. The van der Waals surface area contributed by atoms with Crippen LogP contribution in [0.4, 0.5) is 0 Å². The van der Waals surface area contributed by atoms with Crippen molar-refractivity contribution in [2.45, 2.75) is 13.5 Å². The second-order valence-electron chi connectivity index (χ2n) is 4.11. The third kappa shape index (κ3) is 4.46. The first-order valence-electron chi connectivity index (χ1n) is 6.24. The van der Waals surface area contributed by atoms with Crippen molar-refractivity contribution in [1.29, 1.82) is 0 Å². The monoisotopic (exact) mass is 329 g/mol. The number of rotatable bonds is 6. The van der Waals surface area contributed by atoms with Gasteiger partial charge in [-0.25, -0.2) is 4.79 Å². The van der Waals surface area contributed by atoms with Crippen LogP contribution in [0.5, 0.6) is 0 Å². The molecule has 0 bridgehead atoms. The summed E-state index contributed by atoms with van der Waals surface area (Å²) in [6.45, 7) is 2.06. The summed E-state index contributed by atoms with van der Waals surface area (Å²) in [5, 5.41) is 4.83. The Bertz CT molecular complexity index is 627. The minimum atomic E-state index is -0.415. The average Bonchev–Trinajstić information content (AvgIpc) is 2.91. The molecule has 0 spiro atoms. The molecule has 0 saturated carbocycles. The molecule has 0 amide bonds. The first-order chi connectivity index (χ1) is 10.1. The van der Waals surface area contributed by atoms with Crippen molar-refractivity contribution >= 4 is 29.2 Å². The predicted octanol–water partition coefficient (Wildman–Crippen LogP) is 3.73. The number of halogens is 2. The van der Waals surface area contributed by atoms with Gasteiger partial charge in [0.2, 0.25) is 0 Å². The molecule has 1 aromatic carbocycles. The molecule has 0 aliphatic heterocycles. The van der Waals surface area contributed by atoms with E-state index < -0.39 is 5.97 Å². The third-order valence-corrected chi connectivity index (χ3v) is 3.28. The molecule has 112 valence electrons. The van der Waals surface area contributed by atoms with Gasteiger partial charge in [0, 0.05) is 11.6 Å². The van der Waals surface area contributed by atoms with E-state index in [1.54, 1.807) is 31.2 Å². The number of nitrogens with zero attached hydrogens (tertiary/aromatic N) is 1. The number of benzene rings is 1. The van der Waals surface area contributed by atoms with Crippen LogP contribution in [0.15, 0.2) is 28.8 Å². The average molecular weight is 330 g/mol. The number of esters is 1. The van der Waals surface area contributed by atoms with E-state index in [1.165, 1.54) is 0 Å². The van der Waals surface area contributed by atoms with Crippen LogP contribution in [0.3, 0.4) is 0 Å². The number of carbonyl (C=O) groups excluding carboxylic acids is 1. The largest absolute Gasteiger partial charge is 0.464 e. The molecule has 0 fully saturated rings. The van der Waals surface area contributed by atoms with Gasteiger partial charge in [0.25, 0.3) is 0 Å². The summed E-state index contributed by atoms with van der Waals surface area (Å²) in [6.07, 6.45) is 0. The van der Waals surface area contributed by atoms with Crippen LogP contribution >= 0.6 is 23.2 Å². The molecule has 0 N–H and O–H groups in total. The predicted molar refractivity (Wildman–Crippen MR) is 78.2 cm³/mol. The van der Waals surface area contributed by atoms with E-state index >= 15 is 0 Å². The molecule has 7 heteroatoms. The quantitative estimate of drug-likeness (QED) is 0.755. The number of hydrogen-bond acceptors (Lipinski definition) is 5. The Kier molecular flexibility index (Phi) is 5.61. The molecule has 0 radical (unpaired) electrons. The van der Waals surface area contributed by atoms with Gasteiger partial charge in [-0.15, -0.1) is 0 Å². The Balaban J connectivity index is 1.95. The van der Waals surface area contributed by atoms with E-state index in [-0.39, 0.29) is 13.2 Å². The van der Waals surface area contributed by atoms with E-state index in [9.17, 15) is 4.79 Å². The highest BCUT2D eigenvalue weighted by Gasteiger charge is 2.09. The molecular formula is C14H13Cl2NO4. The summed E-state index contributed by atoms with van der Waals surface area (Å²) >= 11 is 11.8. The standard InChI is InChI=1S/C14H13Cl2NO4/c1-2-20-14(18)8-19-7-10-6-13(17-21-10)9-3-4-11(15)12(16)5-9/h3-6H,2,7-8H2,1H3. The minimum absolute atomic E-state index is 0.128. The molecule has 2 rings (SSSR count). The Morgan fingerprint density at radius 1 is 1.29 bits per heavy atom. The van der Waals surface area contributed by atoms with Crippen molar-refractivity contribution < 1.29 is 18.8 Å². The zero-order chi connectivity index (χ0) is 15.2. The zero-order valence-electron chi connectivity index (χ0n) is 11.3. The van der Waals surface area contributed by atoms with Crippen LogP contribution in [0.1, 0.15) is 12.7 Å². The van der Waals surface area contributed by atoms with Gasteiger partial charge in [-0.2, -0.15) is 0 Å². The van der Waals surface area contributed by atoms with E-state index in [0.29, 0.717) is 28.1 Å². The van der Waals surface area contributed by atoms with Crippen LogP contribution in [-0.4, -0.2) is 24.3 Å². The molecule has 5 nitrogen and oxygen atoms in total. The fourth-order valence-corrected chi connectivity index (χ4v) is 1.91. The molecular weight excluding hydrogens is 317 g/mol. The number of ether oxygens (including phenoxy) is 2. The first kappa shape index (κ1) is 15.8. The van der Waals surface area contributed by atoms with Crippen molar-refractivity contribution in [2.75, 3.05) is 13.2 Å². The number of hydrogen-bond donors (Lipinski definition) is 0. The van der Waals surface area contributed by atoms with Gasteiger partial charge >= 0.3 is 5.97 Å². The van der Waals surface area contributed by atoms with Crippen molar-refractivity contribution in [3.63, 3.8) is 0 Å². The summed E-state index contributed by atoms with van der Waals surface area (Å²) in [5.74, 6) is 0.0853.